The molecule has 0 bridgehead atoms. The molecule has 0 fully saturated rings. The molecule has 2 aromatic rings. The van der Waals surface area contributed by atoms with Crippen LogP contribution >= 0.6 is 0 Å². The minimum absolute atomic E-state index is 0.0552. The highest BCUT2D eigenvalue weighted by Gasteiger charge is 2.10. The van der Waals surface area contributed by atoms with Gasteiger partial charge in [-0.25, -0.2) is 13.2 Å². The van der Waals surface area contributed by atoms with E-state index in [-0.39, 0.29) is 11.8 Å². The second-order valence-electron chi connectivity index (χ2n) is 6.09. The number of benzene rings is 2. The number of rotatable bonds is 5. The highest BCUT2D eigenvalue weighted by atomic mass is 32.2. The van der Waals surface area contributed by atoms with E-state index in [9.17, 15) is 13.2 Å². The van der Waals surface area contributed by atoms with Crippen LogP contribution in [0.25, 0.3) is 0 Å². The number of hydrogen-bond donors (Lipinski definition) is 2. The van der Waals surface area contributed by atoms with Gasteiger partial charge < -0.3 is 10.6 Å². The summed E-state index contributed by atoms with van der Waals surface area (Å²) in [7, 11) is -3.11. The van der Waals surface area contributed by atoms with E-state index in [1.54, 1.807) is 24.3 Å². The van der Waals surface area contributed by atoms with Crippen molar-refractivity contribution in [2.24, 2.45) is 0 Å². The number of amides is 2. The molecule has 24 heavy (non-hydrogen) atoms. The molecule has 0 atom stereocenters. The monoisotopic (exact) mass is 346 g/mol. The third-order valence-corrected chi connectivity index (χ3v) is 4.30. The average molecular weight is 346 g/mol. The van der Waals surface area contributed by atoms with Crippen LogP contribution in [-0.2, 0) is 15.6 Å². The second-order valence-corrected chi connectivity index (χ2v) is 8.23. The molecule has 2 amide bonds. The van der Waals surface area contributed by atoms with Crippen LogP contribution in [-0.4, -0.2) is 20.7 Å². The first-order chi connectivity index (χ1) is 11.2. The van der Waals surface area contributed by atoms with Crippen LogP contribution in [0.4, 0.5) is 16.2 Å². The van der Waals surface area contributed by atoms with Crippen molar-refractivity contribution in [2.45, 2.75) is 25.5 Å². The molecule has 0 aliphatic heterocycles. The minimum Gasteiger partial charge on any atom is -0.308 e. The molecule has 0 unspecified atom stereocenters. The van der Waals surface area contributed by atoms with E-state index in [1.165, 1.54) is 6.26 Å². The number of nitrogens with one attached hydrogen (secondary N) is 2. The summed E-state index contributed by atoms with van der Waals surface area (Å²) in [4.78, 5) is 12.2. The Labute approximate surface area is 143 Å². The maximum Gasteiger partial charge on any atom is 0.323 e. The quantitative estimate of drug-likeness (QED) is 0.859. The predicted octanol–water partition coefficient (Wildman–Crippen LogP) is 4.00. The lowest BCUT2D eigenvalue weighted by Crippen LogP contribution is -2.20. The van der Waals surface area contributed by atoms with E-state index >= 15 is 0 Å². The molecule has 2 aromatic carbocycles. The molecule has 0 aliphatic carbocycles. The first-order valence-corrected chi connectivity index (χ1v) is 9.74. The van der Waals surface area contributed by atoms with Gasteiger partial charge in [0.1, 0.15) is 0 Å². The van der Waals surface area contributed by atoms with Gasteiger partial charge in [0.15, 0.2) is 9.84 Å². The highest BCUT2D eigenvalue weighted by Crippen LogP contribution is 2.24. The Morgan fingerprint density at radius 1 is 1.04 bits per heavy atom. The molecular formula is C18H22N2O3S. The summed E-state index contributed by atoms with van der Waals surface area (Å²) < 4.78 is 22.8. The summed E-state index contributed by atoms with van der Waals surface area (Å²) in [6, 6.07) is 14.1. The van der Waals surface area contributed by atoms with Gasteiger partial charge in [-0.15, -0.1) is 0 Å². The fourth-order valence-electron chi connectivity index (χ4n) is 2.44. The first kappa shape index (κ1) is 18.0. The van der Waals surface area contributed by atoms with Crippen LogP contribution < -0.4 is 10.6 Å². The smallest absolute Gasteiger partial charge is 0.308 e. The van der Waals surface area contributed by atoms with Crippen LogP contribution in [0.1, 0.15) is 30.9 Å². The topological polar surface area (TPSA) is 75.3 Å². The number of hydrogen-bond acceptors (Lipinski definition) is 3. The summed E-state index contributed by atoms with van der Waals surface area (Å²) in [5.41, 5.74) is 3.00. The largest absolute Gasteiger partial charge is 0.323 e. The molecule has 2 rings (SSSR count). The van der Waals surface area contributed by atoms with Gasteiger partial charge in [0.25, 0.3) is 0 Å². The van der Waals surface area contributed by atoms with E-state index in [0.717, 1.165) is 11.3 Å². The first-order valence-electron chi connectivity index (χ1n) is 7.68. The molecule has 128 valence electrons. The normalized spacial score (nSPS) is 11.3. The fourth-order valence-corrected chi connectivity index (χ4v) is 3.23. The average Bonchev–Trinajstić information content (AvgIpc) is 2.46. The number of sulfone groups is 1. The fraction of sp³-hybridized carbons (Fsp3) is 0.278. The summed E-state index contributed by atoms with van der Waals surface area (Å²) >= 11 is 0. The van der Waals surface area contributed by atoms with Crippen molar-refractivity contribution in [3.05, 3.63) is 59.7 Å². The van der Waals surface area contributed by atoms with Gasteiger partial charge in [-0.3, -0.25) is 0 Å². The van der Waals surface area contributed by atoms with Crippen molar-refractivity contribution in [2.75, 3.05) is 16.9 Å². The Balaban J connectivity index is 2.09. The molecule has 0 aliphatic rings. The zero-order valence-electron chi connectivity index (χ0n) is 14.0. The van der Waals surface area contributed by atoms with E-state index in [4.69, 9.17) is 0 Å². The van der Waals surface area contributed by atoms with Gasteiger partial charge in [-0.2, -0.15) is 0 Å². The zero-order chi connectivity index (χ0) is 17.7. The number of urea groups is 1. The van der Waals surface area contributed by atoms with Gasteiger partial charge in [0, 0.05) is 17.6 Å². The molecule has 6 heteroatoms. The van der Waals surface area contributed by atoms with Crippen molar-refractivity contribution in [1.82, 2.24) is 0 Å². The maximum atomic E-state index is 12.2. The molecule has 2 N–H and O–H groups in total. The number of anilines is 2. The Kier molecular flexibility index (Phi) is 5.62. The molecule has 0 saturated carbocycles. The molecule has 0 saturated heterocycles. The number of carbonyl (C=O) groups is 1. The van der Waals surface area contributed by atoms with E-state index < -0.39 is 9.84 Å². The molecule has 0 aromatic heterocycles. The molecule has 0 radical (unpaired) electrons. The molecule has 0 heterocycles. The standard InChI is InChI=1S/C18H22N2O3S/c1-13(2)16-9-4-5-10-17(16)20-18(21)19-15-8-6-7-14(11-15)12-24(3,22)23/h4-11,13H,12H2,1-3H3,(H2,19,20,21). The van der Waals surface area contributed by atoms with E-state index in [1.807, 2.05) is 24.3 Å². The van der Waals surface area contributed by atoms with Crippen molar-refractivity contribution < 1.29 is 13.2 Å². The third kappa shape index (κ3) is 5.38. The predicted molar refractivity (Wildman–Crippen MR) is 98.2 cm³/mol. The van der Waals surface area contributed by atoms with Gasteiger partial charge in [0.05, 0.1) is 5.75 Å². The number of carbonyl (C=O) groups excluding carboxylic acids is 1. The Bertz CT molecular complexity index is 830. The SMILES string of the molecule is CC(C)c1ccccc1NC(=O)Nc1cccc(CS(C)(=O)=O)c1. The minimum atomic E-state index is -3.11. The second kappa shape index (κ2) is 7.49. The van der Waals surface area contributed by atoms with Crippen molar-refractivity contribution >= 4 is 27.2 Å². The third-order valence-electron chi connectivity index (χ3n) is 3.44. The van der Waals surface area contributed by atoms with Crippen LogP contribution in [0, 0.1) is 0 Å². The molecule has 0 spiro atoms. The van der Waals surface area contributed by atoms with Crippen LogP contribution in [0.2, 0.25) is 0 Å². The van der Waals surface area contributed by atoms with Crippen LogP contribution in [0.15, 0.2) is 48.5 Å². The summed E-state index contributed by atoms with van der Waals surface area (Å²) in [5, 5.41) is 5.58. The molecule has 5 nitrogen and oxygen atoms in total. The van der Waals surface area contributed by atoms with Crippen LogP contribution in [0.3, 0.4) is 0 Å². The summed E-state index contributed by atoms with van der Waals surface area (Å²) in [6.07, 6.45) is 1.18. The zero-order valence-corrected chi connectivity index (χ0v) is 14.9. The lowest BCUT2D eigenvalue weighted by atomic mass is 10.0. The Morgan fingerprint density at radius 3 is 2.42 bits per heavy atom. The number of para-hydroxylation sites is 1. The van der Waals surface area contributed by atoms with E-state index in [0.29, 0.717) is 17.2 Å². The summed E-state index contributed by atoms with van der Waals surface area (Å²) in [6.45, 7) is 4.13. The Morgan fingerprint density at radius 2 is 1.75 bits per heavy atom. The molecular weight excluding hydrogens is 324 g/mol. The van der Waals surface area contributed by atoms with Crippen molar-refractivity contribution in [1.29, 1.82) is 0 Å². The van der Waals surface area contributed by atoms with Crippen molar-refractivity contribution in [3.63, 3.8) is 0 Å². The van der Waals surface area contributed by atoms with Gasteiger partial charge in [-0.05, 0) is 35.2 Å². The highest BCUT2D eigenvalue weighted by molar-refractivity contribution is 7.89. The van der Waals surface area contributed by atoms with Crippen LogP contribution in [0.5, 0.6) is 0 Å². The Hall–Kier alpha value is -2.34. The van der Waals surface area contributed by atoms with Crippen molar-refractivity contribution in [3.8, 4) is 0 Å². The lowest BCUT2D eigenvalue weighted by Gasteiger charge is -2.14. The van der Waals surface area contributed by atoms with Gasteiger partial charge in [0.2, 0.25) is 0 Å². The van der Waals surface area contributed by atoms with Gasteiger partial charge >= 0.3 is 6.03 Å². The lowest BCUT2D eigenvalue weighted by molar-refractivity contribution is 0.262. The van der Waals surface area contributed by atoms with Gasteiger partial charge in [-0.1, -0.05) is 44.2 Å². The maximum absolute atomic E-state index is 12.2. The summed E-state index contributed by atoms with van der Waals surface area (Å²) in [5.74, 6) is 0.236. The van der Waals surface area contributed by atoms with E-state index in [2.05, 4.69) is 24.5 Å².